The molecule has 3 rings (SSSR count). The van der Waals surface area contributed by atoms with E-state index in [2.05, 4.69) is 20.4 Å². The molecule has 2 aromatic rings. The highest BCUT2D eigenvalue weighted by atomic mass is 28.4. The van der Waals surface area contributed by atoms with Crippen LogP contribution in [0.4, 0.5) is 0 Å². The molecule has 1 unspecified atom stereocenters. The van der Waals surface area contributed by atoms with Crippen molar-refractivity contribution in [3.05, 3.63) is 73.3 Å². The van der Waals surface area contributed by atoms with Gasteiger partial charge in [0.15, 0.2) is 5.79 Å². The van der Waals surface area contributed by atoms with Crippen LogP contribution in [0.25, 0.3) is 0 Å². The minimum absolute atomic E-state index is 0.395. The molecule has 4 atom stereocenters. The van der Waals surface area contributed by atoms with Crippen molar-refractivity contribution in [2.45, 2.75) is 75.8 Å². The molecule has 1 aliphatic rings. The highest BCUT2D eigenvalue weighted by molar-refractivity contribution is 6.98. The maximum absolute atomic E-state index is 12.3. The van der Waals surface area contributed by atoms with E-state index in [0.717, 1.165) is 10.4 Å². The number of rotatable bonds is 9. The number of ether oxygens (including phenoxy) is 2. The van der Waals surface area contributed by atoms with Crippen LogP contribution < -0.4 is 10.4 Å². The Balaban J connectivity index is 1.85. The lowest BCUT2D eigenvalue weighted by Crippen LogP contribution is -2.65. The molecule has 0 radical (unpaired) electrons. The Labute approximate surface area is 192 Å². The molecule has 174 valence electrons. The Morgan fingerprint density at radius 2 is 1.44 bits per heavy atom. The summed E-state index contributed by atoms with van der Waals surface area (Å²) in [6, 6.07) is 19.7. The van der Waals surface area contributed by atoms with Gasteiger partial charge in [0.1, 0.15) is 18.3 Å². The van der Waals surface area contributed by atoms with E-state index >= 15 is 0 Å². The quantitative estimate of drug-likeness (QED) is 0.399. The smallest absolute Gasteiger partial charge is 0.258 e. The molecule has 6 heteroatoms. The van der Waals surface area contributed by atoms with Gasteiger partial charge in [0.2, 0.25) is 0 Å². The molecule has 0 aliphatic carbocycles. The van der Waals surface area contributed by atoms with Crippen molar-refractivity contribution < 1.29 is 24.5 Å². The van der Waals surface area contributed by atoms with Gasteiger partial charge < -0.3 is 24.5 Å². The monoisotopic (exact) mass is 456 g/mol. The van der Waals surface area contributed by atoms with Gasteiger partial charge in [0.25, 0.3) is 8.32 Å². The fraction of sp³-hybridized carbons (Fsp3) is 0.462. The normalized spacial score (nSPS) is 23.0. The predicted molar refractivity (Wildman–Crippen MR) is 129 cm³/mol. The van der Waals surface area contributed by atoms with Gasteiger partial charge in [-0.25, -0.2) is 0 Å². The molecule has 0 saturated carbocycles. The first-order valence-corrected chi connectivity index (χ1v) is 13.1. The molecular weight excluding hydrogens is 420 g/mol. The molecule has 0 bridgehead atoms. The average Bonchev–Trinajstić information content (AvgIpc) is 3.13. The molecule has 3 N–H and O–H groups in total. The molecule has 5 nitrogen and oxygen atoms in total. The Morgan fingerprint density at radius 1 is 0.969 bits per heavy atom. The van der Waals surface area contributed by atoms with Gasteiger partial charge in [-0.15, -0.1) is 6.58 Å². The SMILES string of the molecule is C=C[C@H](O)[C@@H]1OC(C)(C)OC1[C@H](O)CCC(C)(C)[Si](O)(c1ccccc1)c1ccccc1. The third-order valence-electron chi connectivity index (χ3n) is 6.55. The first-order chi connectivity index (χ1) is 15.0. The summed E-state index contributed by atoms with van der Waals surface area (Å²) in [7, 11) is -3.16. The van der Waals surface area contributed by atoms with Gasteiger partial charge in [0.05, 0.1) is 6.10 Å². The highest BCUT2D eigenvalue weighted by Crippen LogP contribution is 2.41. The van der Waals surface area contributed by atoms with Gasteiger partial charge in [0, 0.05) is 0 Å². The minimum Gasteiger partial charge on any atom is -0.424 e. The zero-order valence-electron chi connectivity index (χ0n) is 19.4. The summed E-state index contributed by atoms with van der Waals surface area (Å²) < 4.78 is 11.8. The Bertz CT molecular complexity index is 844. The van der Waals surface area contributed by atoms with Crippen LogP contribution >= 0.6 is 0 Å². The molecule has 0 spiro atoms. The minimum atomic E-state index is -3.16. The van der Waals surface area contributed by atoms with Crippen LogP contribution in [0.2, 0.25) is 5.04 Å². The maximum Gasteiger partial charge on any atom is 0.258 e. The molecule has 2 aromatic carbocycles. The third-order valence-corrected chi connectivity index (χ3v) is 11.1. The molecule has 1 fully saturated rings. The third kappa shape index (κ3) is 4.91. The van der Waals surface area contributed by atoms with Crippen LogP contribution in [-0.4, -0.2) is 53.5 Å². The second kappa shape index (κ2) is 9.59. The van der Waals surface area contributed by atoms with Gasteiger partial charge in [-0.1, -0.05) is 80.6 Å². The fourth-order valence-corrected chi connectivity index (χ4v) is 8.43. The van der Waals surface area contributed by atoms with Crippen molar-refractivity contribution >= 4 is 18.7 Å². The van der Waals surface area contributed by atoms with Crippen molar-refractivity contribution in [2.24, 2.45) is 0 Å². The van der Waals surface area contributed by atoms with E-state index < -0.39 is 43.6 Å². The highest BCUT2D eigenvalue weighted by Gasteiger charge is 2.51. The standard InChI is InChI=1S/C26H36O5Si/c1-6-21(27)23-24(31-26(4,5)30-23)22(28)17-18-25(2,3)32(29,19-13-9-7-10-14-19)20-15-11-8-12-16-20/h6-16,21-24,27-29H,1,17-18H2,2-5H3/t21-,22+,23-,24?/m0/s1. The van der Waals surface area contributed by atoms with Crippen molar-refractivity contribution in [3.8, 4) is 0 Å². The van der Waals surface area contributed by atoms with Crippen LogP contribution in [0.15, 0.2) is 73.3 Å². The summed E-state index contributed by atoms with van der Waals surface area (Å²) in [5.74, 6) is -0.903. The number of hydrogen-bond acceptors (Lipinski definition) is 5. The Morgan fingerprint density at radius 3 is 1.91 bits per heavy atom. The lowest BCUT2D eigenvalue weighted by atomic mass is 9.96. The van der Waals surface area contributed by atoms with Crippen LogP contribution in [0, 0.1) is 0 Å². The second-order valence-electron chi connectivity index (χ2n) is 9.72. The van der Waals surface area contributed by atoms with Gasteiger partial charge in [-0.3, -0.25) is 0 Å². The van der Waals surface area contributed by atoms with Crippen LogP contribution in [0.3, 0.4) is 0 Å². The van der Waals surface area contributed by atoms with Crippen molar-refractivity contribution in [1.82, 2.24) is 0 Å². The van der Waals surface area contributed by atoms with Crippen LogP contribution in [-0.2, 0) is 9.47 Å². The predicted octanol–water partition coefficient (Wildman–Crippen LogP) is 2.73. The van der Waals surface area contributed by atoms with Crippen molar-refractivity contribution in [3.63, 3.8) is 0 Å². The molecule has 0 aromatic heterocycles. The average molecular weight is 457 g/mol. The lowest BCUT2D eigenvalue weighted by Gasteiger charge is -2.42. The Hall–Kier alpha value is -1.80. The summed E-state index contributed by atoms with van der Waals surface area (Å²) in [5, 5.41) is 22.7. The summed E-state index contributed by atoms with van der Waals surface area (Å²) in [4.78, 5) is 12.3. The molecule has 32 heavy (non-hydrogen) atoms. The van der Waals surface area contributed by atoms with E-state index in [9.17, 15) is 15.0 Å². The van der Waals surface area contributed by atoms with Crippen LogP contribution in [0.5, 0.6) is 0 Å². The molecule has 1 aliphatic heterocycles. The van der Waals surface area contributed by atoms with Gasteiger partial charge >= 0.3 is 0 Å². The maximum atomic E-state index is 12.3. The van der Waals surface area contributed by atoms with E-state index in [4.69, 9.17) is 9.47 Å². The lowest BCUT2D eigenvalue weighted by molar-refractivity contribution is -0.159. The van der Waals surface area contributed by atoms with Crippen molar-refractivity contribution in [2.75, 3.05) is 0 Å². The van der Waals surface area contributed by atoms with Crippen LogP contribution in [0.1, 0.15) is 40.5 Å². The molecule has 0 amide bonds. The summed E-state index contributed by atoms with van der Waals surface area (Å²) >= 11 is 0. The van der Waals surface area contributed by atoms with E-state index in [0.29, 0.717) is 12.8 Å². The second-order valence-corrected chi connectivity index (χ2v) is 13.7. The first kappa shape index (κ1) is 24.8. The number of aliphatic hydroxyl groups excluding tert-OH is 2. The molecule has 1 saturated heterocycles. The summed E-state index contributed by atoms with van der Waals surface area (Å²) in [6.45, 7) is 11.3. The van der Waals surface area contributed by atoms with Gasteiger partial charge in [-0.2, -0.15) is 0 Å². The van der Waals surface area contributed by atoms with E-state index in [-0.39, 0.29) is 0 Å². The van der Waals surface area contributed by atoms with Gasteiger partial charge in [-0.05, 0) is 42.1 Å². The fourth-order valence-electron chi connectivity index (χ4n) is 4.67. The van der Waals surface area contributed by atoms with E-state index in [1.165, 1.54) is 6.08 Å². The number of benzene rings is 2. The zero-order valence-corrected chi connectivity index (χ0v) is 20.4. The van der Waals surface area contributed by atoms with E-state index in [1.54, 1.807) is 13.8 Å². The summed E-state index contributed by atoms with van der Waals surface area (Å²) in [6.07, 6.45) is -0.818. The summed E-state index contributed by atoms with van der Waals surface area (Å²) in [5.41, 5.74) is 0. The van der Waals surface area contributed by atoms with E-state index in [1.807, 2.05) is 60.7 Å². The largest absolute Gasteiger partial charge is 0.424 e. The molecular formula is C26H36O5Si. The zero-order chi connectivity index (χ0) is 23.6. The Kier molecular flexibility index (Phi) is 7.44. The topological polar surface area (TPSA) is 79.2 Å². The number of aliphatic hydroxyl groups is 2. The first-order valence-electron chi connectivity index (χ1n) is 11.2. The van der Waals surface area contributed by atoms with Crippen molar-refractivity contribution in [1.29, 1.82) is 0 Å². The molecule has 1 heterocycles. The number of hydrogen-bond donors (Lipinski definition) is 3.